The Hall–Kier alpha value is 0.579. The minimum Gasteiger partial charge on any atom is -0.330 e. The van der Waals surface area contributed by atoms with Gasteiger partial charge in [-0.3, -0.25) is 0 Å². The van der Waals surface area contributed by atoms with Gasteiger partial charge in [0.15, 0.2) is 0 Å². The second-order valence-corrected chi connectivity index (χ2v) is 8.42. The quantitative estimate of drug-likeness (QED) is 0.240. The molecular weight excluding hydrogens is 513 g/mol. The Balaban J connectivity index is -0.000000595. The summed E-state index contributed by atoms with van der Waals surface area (Å²) in [6.07, 6.45) is 3.61. The molecule has 0 amide bonds. The number of nitrogens with one attached hydrogen (secondary N) is 1. The smallest absolute Gasteiger partial charge is 0.0777 e. The zero-order valence-electron chi connectivity index (χ0n) is 18.0. The predicted molar refractivity (Wildman–Crippen MR) is 91.6 cm³/mol. The van der Waals surface area contributed by atoms with Crippen LogP contribution in [0.25, 0.3) is 0 Å². The van der Waals surface area contributed by atoms with Crippen LogP contribution < -0.4 is 39.0 Å². The normalized spacial score (nSPS) is 19.1. The van der Waals surface area contributed by atoms with Gasteiger partial charge in [-0.25, -0.2) is 0 Å². The number of nitrogens with zero attached hydrogens (tertiary/aromatic N) is 3. The zero-order valence-corrected chi connectivity index (χ0v) is 20.5. The van der Waals surface area contributed by atoms with Gasteiger partial charge in [0.05, 0.1) is 29.8 Å². The molecule has 1 radical (unpaired) electrons. The summed E-state index contributed by atoms with van der Waals surface area (Å²) in [6, 6.07) is 0. The van der Waals surface area contributed by atoms with E-state index in [0.29, 0.717) is 0 Å². The molecular formula is C15H37Cl2CuN5O8. The average Bonchev–Trinajstić information content (AvgIpc) is 2.56. The van der Waals surface area contributed by atoms with E-state index in [1.54, 1.807) is 0 Å². The van der Waals surface area contributed by atoms with Crippen molar-refractivity contribution in [1.29, 1.82) is 0 Å². The van der Waals surface area contributed by atoms with Gasteiger partial charge < -0.3 is 25.8 Å². The molecule has 0 unspecified atom stereocenters. The van der Waals surface area contributed by atoms with Crippen molar-refractivity contribution in [2.75, 3.05) is 79.5 Å². The Morgan fingerprint density at radius 2 is 1.23 bits per heavy atom. The maximum atomic E-state index is 8.60. The van der Waals surface area contributed by atoms with E-state index in [4.69, 9.17) is 43.0 Å². The van der Waals surface area contributed by atoms with E-state index in [1.165, 1.54) is 45.6 Å². The number of likely N-dealkylation sites (N-methyl/N-ethyl adjacent to an activating group) is 2. The van der Waals surface area contributed by atoms with Crippen molar-refractivity contribution in [2.24, 2.45) is 5.73 Å². The van der Waals surface area contributed by atoms with Gasteiger partial charge in [-0.05, 0) is 72.6 Å². The van der Waals surface area contributed by atoms with Gasteiger partial charge in [0.1, 0.15) is 0 Å². The maximum absolute atomic E-state index is 8.60. The molecule has 0 aliphatic carbocycles. The number of nitrogens with two attached hydrogens (primary N) is 1. The molecule has 0 bridgehead atoms. The Bertz CT molecular complexity index is 373. The van der Waals surface area contributed by atoms with Crippen LogP contribution in [0.3, 0.4) is 0 Å². The topological polar surface area (TPSA) is 227 Å². The fraction of sp³-hybridized carbons (Fsp3) is 1.00. The van der Waals surface area contributed by atoms with E-state index in [-0.39, 0.29) is 17.1 Å². The van der Waals surface area contributed by atoms with Crippen molar-refractivity contribution in [2.45, 2.75) is 19.3 Å². The molecule has 0 atom stereocenters. The second kappa shape index (κ2) is 21.1. The van der Waals surface area contributed by atoms with Crippen LogP contribution in [0.2, 0.25) is 0 Å². The standard InChI is InChI=1S/C15H35N5.2ClHO4.Cu/c1-18-9-4-7-17-8-13-20(11-3-6-16)12-5-10-19(2)15-14-18;2*2-1(3,4)5;/h17H,3-16H2,1-2H3;2*(H,2,3,4,5);. The molecule has 0 aromatic carbocycles. The molecule has 1 aliphatic heterocycles. The first-order chi connectivity index (χ1) is 13.7. The van der Waals surface area contributed by atoms with Crippen LogP contribution in [-0.4, -0.2) is 104 Å². The number of halogens is 2. The Morgan fingerprint density at radius 3 is 1.68 bits per heavy atom. The summed E-state index contributed by atoms with van der Waals surface area (Å²) in [5.74, 6) is 0. The van der Waals surface area contributed by atoms with E-state index in [1.807, 2.05) is 0 Å². The Labute approximate surface area is 199 Å². The van der Waals surface area contributed by atoms with Crippen LogP contribution in [0.15, 0.2) is 0 Å². The molecule has 1 saturated heterocycles. The predicted octanol–water partition coefficient (Wildman–Crippen LogP) is -8.37. The molecule has 16 heteroatoms. The monoisotopic (exact) mass is 548 g/mol. The zero-order chi connectivity index (χ0) is 23.6. The van der Waals surface area contributed by atoms with Crippen LogP contribution in [-0.2, 0) is 17.1 Å². The first-order valence-electron chi connectivity index (χ1n) is 9.49. The summed E-state index contributed by atoms with van der Waals surface area (Å²) in [7, 11) is -4.92. The van der Waals surface area contributed by atoms with Crippen molar-refractivity contribution in [3.63, 3.8) is 0 Å². The van der Waals surface area contributed by atoms with Crippen LogP contribution in [0.4, 0.5) is 0 Å². The third kappa shape index (κ3) is 41.3. The van der Waals surface area contributed by atoms with Crippen molar-refractivity contribution in [1.82, 2.24) is 20.0 Å². The van der Waals surface area contributed by atoms with Crippen molar-refractivity contribution in [3.8, 4) is 0 Å². The fourth-order valence-corrected chi connectivity index (χ4v) is 2.62. The van der Waals surface area contributed by atoms with Crippen LogP contribution in [0.5, 0.6) is 0 Å². The SMILES string of the molecule is CN1CCCNCCN(CCCN)CCCN(C)CC1.[Cu].[O-][Cl+3]([O-])([O-])O.[O-][Cl+3]([O-])([O-])O. The van der Waals surface area contributed by atoms with E-state index < -0.39 is 20.5 Å². The van der Waals surface area contributed by atoms with Crippen LogP contribution in [0.1, 0.15) is 19.3 Å². The molecule has 1 fully saturated rings. The first-order valence-corrected chi connectivity index (χ1v) is 12.0. The fourth-order valence-electron chi connectivity index (χ4n) is 2.62. The molecule has 0 aromatic rings. The first kappa shape index (κ1) is 36.2. The molecule has 0 aromatic heterocycles. The molecule has 1 rings (SSSR count). The van der Waals surface area contributed by atoms with E-state index >= 15 is 0 Å². The van der Waals surface area contributed by atoms with Gasteiger partial charge >= 0.3 is 0 Å². The van der Waals surface area contributed by atoms with Crippen molar-refractivity contribution < 1.29 is 74.8 Å². The minimum absolute atomic E-state index is 0. The molecule has 0 spiro atoms. The summed E-state index contributed by atoms with van der Waals surface area (Å²) >= 11 is 0. The largest absolute Gasteiger partial charge is 0.330 e. The molecule has 1 heterocycles. The van der Waals surface area contributed by atoms with E-state index in [9.17, 15) is 0 Å². The van der Waals surface area contributed by atoms with Gasteiger partial charge in [-0.2, -0.15) is 28.0 Å². The molecule has 1 aliphatic rings. The Kier molecular flexibility index (Phi) is 24.6. The maximum Gasteiger partial charge on any atom is 0.0777 e. The third-order valence-electron chi connectivity index (χ3n) is 4.05. The van der Waals surface area contributed by atoms with Crippen molar-refractivity contribution >= 4 is 0 Å². The summed E-state index contributed by atoms with van der Waals surface area (Å²) in [5.41, 5.74) is 5.64. The molecule has 31 heavy (non-hydrogen) atoms. The number of hydrogen-bond acceptors (Lipinski definition) is 13. The molecule has 5 N–H and O–H groups in total. The van der Waals surface area contributed by atoms with Crippen LogP contribution >= 0.6 is 0 Å². The summed E-state index contributed by atoms with van der Waals surface area (Å²) in [4.78, 5) is 7.46. The van der Waals surface area contributed by atoms with Gasteiger partial charge in [-0.1, -0.05) is 0 Å². The third-order valence-corrected chi connectivity index (χ3v) is 4.05. The minimum atomic E-state index is -4.69. The number of hydrogen-bond donors (Lipinski definition) is 4. The molecule has 0 saturated carbocycles. The van der Waals surface area contributed by atoms with Gasteiger partial charge in [0, 0.05) is 43.2 Å². The summed E-state index contributed by atoms with van der Waals surface area (Å²) < 4.78 is 65.4. The van der Waals surface area contributed by atoms with Gasteiger partial charge in [0.2, 0.25) is 0 Å². The van der Waals surface area contributed by atoms with Crippen LogP contribution in [0, 0.1) is 20.5 Å². The average molecular weight is 550 g/mol. The van der Waals surface area contributed by atoms with E-state index in [0.717, 1.165) is 39.1 Å². The summed E-state index contributed by atoms with van der Waals surface area (Å²) in [5, 5.41) is 3.56. The van der Waals surface area contributed by atoms with Crippen molar-refractivity contribution in [3.05, 3.63) is 0 Å². The molecule has 13 nitrogen and oxygen atoms in total. The van der Waals surface area contributed by atoms with Gasteiger partial charge in [-0.15, -0.1) is 0 Å². The second-order valence-electron chi connectivity index (χ2n) is 6.84. The number of rotatable bonds is 3. The van der Waals surface area contributed by atoms with E-state index in [2.05, 4.69) is 34.1 Å². The van der Waals surface area contributed by atoms with Gasteiger partial charge in [0.25, 0.3) is 0 Å². The summed E-state index contributed by atoms with van der Waals surface area (Å²) in [6.45, 7) is 11.3. The Morgan fingerprint density at radius 1 is 0.774 bits per heavy atom. The molecule has 195 valence electrons.